The van der Waals surface area contributed by atoms with Gasteiger partial charge in [-0.2, -0.15) is 0 Å². The largest absolute Gasteiger partial charge is 0.357 e. The van der Waals surface area contributed by atoms with E-state index in [1.807, 2.05) is 11.0 Å². The molecule has 26 heavy (non-hydrogen) atoms. The molecule has 1 aliphatic rings. The van der Waals surface area contributed by atoms with Crippen molar-refractivity contribution in [3.05, 3.63) is 48.0 Å². The van der Waals surface area contributed by atoms with Crippen molar-refractivity contribution in [1.29, 1.82) is 0 Å². The summed E-state index contributed by atoms with van der Waals surface area (Å²) in [5.41, 5.74) is 2.36. The molecule has 1 aromatic rings. The van der Waals surface area contributed by atoms with Gasteiger partial charge < -0.3 is 15.1 Å². The third kappa shape index (κ3) is 6.21. The van der Waals surface area contributed by atoms with Gasteiger partial charge in [0.15, 0.2) is 5.96 Å². The van der Waals surface area contributed by atoms with Crippen molar-refractivity contribution < 1.29 is 4.79 Å². The Hall–Kier alpha value is -2.30. The summed E-state index contributed by atoms with van der Waals surface area (Å²) < 4.78 is 0. The van der Waals surface area contributed by atoms with Crippen LogP contribution >= 0.6 is 0 Å². The zero-order chi connectivity index (χ0) is 18.8. The first-order chi connectivity index (χ1) is 12.6. The molecular weight excluding hydrogens is 324 g/mol. The first-order valence-corrected chi connectivity index (χ1v) is 9.60. The van der Waals surface area contributed by atoms with Gasteiger partial charge in [-0.3, -0.25) is 4.79 Å². The van der Waals surface area contributed by atoms with E-state index >= 15 is 0 Å². The van der Waals surface area contributed by atoms with E-state index in [4.69, 9.17) is 4.99 Å². The van der Waals surface area contributed by atoms with E-state index < -0.39 is 0 Å². The van der Waals surface area contributed by atoms with Gasteiger partial charge >= 0.3 is 0 Å². The Balaban J connectivity index is 1.91. The van der Waals surface area contributed by atoms with E-state index in [9.17, 15) is 4.79 Å². The topological polar surface area (TPSA) is 47.9 Å². The number of nitrogens with one attached hydrogen (secondary N) is 1. The first-order valence-electron chi connectivity index (χ1n) is 9.60. The number of amides is 1. The fourth-order valence-corrected chi connectivity index (χ4v) is 3.06. The summed E-state index contributed by atoms with van der Waals surface area (Å²) in [5.74, 6) is 1.21. The highest BCUT2D eigenvalue weighted by atomic mass is 16.2. The lowest BCUT2D eigenvalue weighted by molar-refractivity contribution is -0.128. The number of aliphatic imine (C=N–C) groups is 1. The molecule has 1 aromatic carbocycles. The standard InChI is InChI=1S/C21H32N4O/c1-4-6-7-14-24(3)21(22-5-2)23-16-18-10-12-19(13-11-18)17-25-15-8-9-20(25)26/h4,10-13H,1,5-9,14-17H2,2-3H3,(H,22,23). The molecule has 1 aliphatic heterocycles. The number of unbranched alkanes of at least 4 members (excludes halogenated alkanes) is 1. The average molecular weight is 357 g/mol. The summed E-state index contributed by atoms with van der Waals surface area (Å²) in [7, 11) is 2.07. The van der Waals surface area contributed by atoms with Crippen LogP contribution in [0, 0.1) is 0 Å². The number of benzene rings is 1. The van der Waals surface area contributed by atoms with Crippen LogP contribution in [0.4, 0.5) is 0 Å². The molecule has 1 heterocycles. The second-order valence-electron chi connectivity index (χ2n) is 6.76. The van der Waals surface area contributed by atoms with Crippen molar-refractivity contribution in [2.75, 3.05) is 26.7 Å². The predicted octanol–water partition coefficient (Wildman–Crippen LogP) is 3.17. The number of allylic oxidation sites excluding steroid dienone is 1. The van der Waals surface area contributed by atoms with Crippen LogP contribution in [0.25, 0.3) is 0 Å². The molecule has 1 amide bonds. The zero-order valence-corrected chi connectivity index (χ0v) is 16.2. The lowest BCUT2D eigenvalue weighted by Gasteiger charge is -2.21. The van der Waals surface area contributed by atoms with Gasteiger partial charge in [0.05, 0.1) is 6.54 Å². The number of hydrogen-bond donors (Lipinski definition) is 1. The van der Waals surface area contributed by atoms with Gasteiger partial charge in [0.2, 0.25) is 5.91 Å². The summed E-state index contributed by atoms with van der Waals surface area (Å²) in [4.78, 5) is 20.6. The molecule has 1 saturated heterocycles. The normalized spacial score (nSPS) is 14.6. The Kier molecular flexibility index (Phi) is 8.19. The van der Waals surface area contributed by atoms with Crippen molar-refractivity contribution in [2.24, 2.45) is 4.99 Å². The van der Waals surface area contributed by atoms with Crippen LogP contribution in [-0.2, 0) is 17.9 Å². The quantitative estimate of drug-likeness (QED) is 0.320. The first kappa shape index (κ1) is 20.0. The number of hydrogen-bond acceptors (Lipinski definition) is 2. The molecule has 1 N–H and O–H groups in total. The van der Waals surface area contributed by atoms with Gasteiger partial charge in [-0.15, -0.1) is 6.58 Å². The van der Waals surface area contributed by atoms with E-state index in [1.54, 1.807) is 0 Å². The molecule has 5 heteroatoms. The minimum absolute atomic E-state index is 0.272. The van der Waals surface area contributed by atoms with Crippen LogP contribution in [0.3, 0.4) is 0 Å². The van der Waals surface area contributed by atoms with E-state index in [0.29, 0.717) is 13.0 Å². The van der Waals surface area contributed by atoms with Gasteiger partial charge in [0.1, 0.15) is 0 Å². The lowest BCUT2D eigenvalue weighted by Crippen LogP contribution is -2.39. The molecule has 0 bridgehead atoms. The monoisotopic (exact) mass is 356 g/mol. The number of rotatable bonds is 9. The molecule has 1 fully saturated rings. The number of likely N-dealkylation sites (tertiary alicyclic amines) is 1. The summed E-state index contributed by atoms with van der Waals surface area (Å²) >= 11 is 0. The maximum Gasteiger partial charge on any atom is 0.222 e. The highest BCUT2D eigenvalue weighted by Gasteiger charge is 2.19. The predicted molar refractivity (Wildman–Crippen MR) is 108 cm³/mol. The molecule has 0 aromatic heterocycles. The molecule has 5 nitrogen and oxygen atoms in total. The Bertz CT molecular complexity index is 609. The molecule has 0 radical (unpaired) electrons. The average Bonchev–Trinajstić information content (AvgIpc) is 3.04. The highest BCUT2D eigenvalue weighted by molar-refractivity contribution is 5.79. The van der Waals surface area contributed by atoms with Crippen LogP contribution in [0.1, 0.15) is 43.7 Å². The second kappa shape index (κ2) is 10.6. The van der Waals surface area contributed by atoms with Crippen LogP contribution in [0.2, 0.25) is 0 Å². The van der Waals surface area contributed by atoms with Crippen LogP contribution < -0.4 is 5.32 Å². The minimum atomic E-state index is 0.272. The fraction of sp³-hybridized carbons (Fsp3) is 0.524. The van der Waals surface area contributed by atoms with Crippen LogP contribution in [0.15, 0.2) is 41.9 Å². The number of carbonyl (C=O) groups excluding carboxylic acids is 1. The van der Waals surface area contributed by atoms with Gasteiger partial charge in [-0.1, -0.05) is 30.3 Å². The van der Waals surface area contributed by atoms with Crippen LogP contribution in [0.5, 0.6) is 0 Å². The maximum absolute atomic E-state index is 11.7. The Morgan fingerprint density at radius 2 is 2.08 bits per heavy atom. The summed E-state index contributed by atoms with van der Waals surface area (Å²) in [6.45, 7) is 9.92. The highest BCUT2D eigenvalue weighted by Crippen LogP contribution is 2.15. The van der Waals surface area contributed by atoms with Crippen LogP contribution in [-0.4, -0.2) is 48.3 Å². The van der Waals surface area contributed by atoms with Crippen molar-refractivity contribution in [3.63, 3.8) is 0 Å². The molecule has 0 aliphatic carbocycles. The zero-order valence-electron chi connectivity index (χ0n) is 16.2. The number of carbonyl (C=O) groups is 1. The number of guanidine groups is 1. The fourth-order valence-electron chi connectivity index (χ4n) is 3.06. The third-order valence-electron chi connectivity index (χ3n) is 4.58. The molecule has 0 atom stereocenters. The van der Waals surface area contributed by atoms with E-state index in [2.05, 4.69) is 55.0 Å². The Labute approximate surface area is 157 Å². The van der Waals surface area contributed by atoms with E-state index in [0.717, 1.165) is 51.4 Å². The third-order valence-corrected chi connectivity index (χ3v) is 4.58. The number of nitrogens with zero attached hydrogens (tertiary/aromatic N) is 3. The Morgan fingerprint density at radius 1 is 1.35 bits per heavy atom. The molecular formula is C21H32N4O. The van der Waals surface area contributed by atoms with Gasteiger partial charge in [0, 0.05) is 39.6 Å². The van der Waals surface area contributed by atoms with Crippen molar-refractivity contribution in [3.8, 4) is 0 Å². The van der Waals surface area contributed by atoms with Crippen molar-refractivity contribution >= 4 is 11.9 Å². The van der Waals surface area contributed by atoms with Crippen molar-refractivity contribution in [1.82, 2.24) is 15.1 Å². The minimum Gasteiger partial charge on any atom is -0.357 e. The lowest BCUT2D eigenvalue weighted by atomic mass is 10.1. The molecule has 0 unspecified atom stereocenters. The SMILES string of the molecule is C=CCCCN(C)C(=NCc1ccc(CN2CCCC2=O)cc1)NCC. The molecule has 142 valence electrons. The van der Waals surface area contributed by atoms with Gasteiger partial charge in [-0.25, -0.2) is 4.99 Å². The summed E-state index contributed by atoms with van der Waals surface area (Å²) in [5, 5.41) is 3.35. The summed E-state index contributed by atoms with van der Waals surface area (Å²) in [6.07, 6.45) is 5.73. The maximum atomic E-state index is 11.7. The molecule has 0 spiro atoms. The van der Waals surface area contributed by atoms with E-state index in [-0.39, 0.29) is 5.91 Å². The Morgan fingerprint density at radius 3 is 2.69 bits per heavy atom. The molecule has 0 saturated carbocycles. The van der Waals surface area contributed by atoms with Gasteiger partial charge in [-0.05, 0) is 37.3 Å². The second-order valence-corrected chi connectivity index (χ2v) is 6.76. The van der Waals surface area contributed by atoms with Gasteiger partial charge in [0.25, 0.3) is 0 Å². The smallest absolute Gasteiger partial charge is 0.222 e. The summed E-state index contributed by atoms with van der Waals surface area (Å²) in [6, 6.07) is 8.44. The van der Waals surface area contributed by atoms with Crippen molar-refractivity contribution in [2.45, 2.75) is 45.7 Å². The molecule has 2 rings (SSSR count). The van der Waals surface area contributed by atoms with E-state index in [1.165, 1.54) is 11.1 Å².